The van der Waals surface area contributed by atoms with E-state index < -0.39 is 0 Å². The highest BCUT2D eigenvalue weighted by molar-refractivity contribution is 5.89. The summed E-state index contributed by atoms with van der Waals surface area (Å²) in [6.45, 7) is 5.02. The van der Waals surface area contributed by atoms with E-state index in [2.05, 4.69) is 28.4 Å². The zero-order valence-corrected chi connectivity index (χ0v) is 18.2. The summed E-state index contributed by atoms with van der Waals surface area (Å²) in [4.78, 5) is 17.0. The predicted molar refractivity (Wildman–Crippen MR) is 122 cm³/mol. The van der Waals surface area contributed by atoms with E-state index in [9.17, 15) is 9.18 Å². The van der Waals surface area contributed by atoms with Gasteiger partial charge in [-0.15, -0.1) is 0 Å². The van der Waals surface area contributed by atoms with Crippen molar-refractivity contribution in [2.24, 2.45) is 0 Å². The first kappa shape index (κ1) is 20.5. The van der Waals surface area contributed by atoms with Crippen LogP contribution in [0.4, 0.5) is 14.9 Å². The molecule has 1 N–H and O–H groups in total. The number of carbonyl (C=O) groups excluding carboxylic acids is 1. The van der Waals surface area contributed by atoms with Crippen molar-refractivity contribution in [2.45, 2.75) is 50.4 Å². The highest BCUT2D eigenvalue weighted by Crippen LogP contribution is 2.37. The molecule has 0 bridgehead atoms. The number of rotatable bonds is 4. The molecule has 2 fully saturated rings. The van der Waals surface area contributed by atoms with E-state index in [1.165, 1.54) is 23.1 Å². The van der Waals surface area contributed by atoms with Gasteiger partial charge in [-0.05, 0) is 104 Å². The maximum absolute atomic E-state index is 13.2. The summed E-state index contributed by atoms with van der Waals surface area (Å²) in [5.41, 5.74) is 5.05. The SMILES string of the molecule is O=C(Nc1ccc2c(c1)C(CN1CCC(c3ccc(F)cc3)CC1)CC2)N1CCCC1. The van der Waals surface area contributed by atoms with Crippen LogP contribution in [-0.4, -0.2) is 48.6 Å². The Bertz CT molecular complexity index is 915. The number of fused-ring (bicyclic) bond motifs is 1. The van der Waals surface area contributed by atoms with E-state index in [0.717, 1.165) is 70.5 Å². The standard InChI is InChI=1S/C26H32FN3O/c27-23-8-5-19(6-9-23)20-11-15-29(16-12-20)18-22-4-3-21-7-10-24(17-25(21)22)28-26(31)30-13-1-2-14-30/h5-10,17,20,22H,1-4,11-16,18H2,(H,28,31). The molecule has 31 heavy (non-hydrogen) atoms. The molecule has 2 heterocycles. The molecular formula is C26H32FN3O. The minimum atomic E-state index is -0.155. The summed E-state index contributed by atoms with van der Waals surface area (Å²) in [6, 6.07) is 13.6. The van der Waals surface area contributed by atoms with Crippen molar-refractivity contribution in [2.75, 3.05) is 38.0 Å². The smallest absolute Gasteiger partial charge is 0.321 e. The number of anilines is 1. The largest absolute Gasteiger partial charge is 0.325 e. The van der Waals surface area contributed by atoms with Crippen LogP contribution >= 0.6 is 0 Å². The fourth-order valence-corrected chi connectivity index (χ4v) is 5.57. The van der Waals surface area contributed by atoms with Crippen molar-refractivity contribution >= 4 is 11.7 Å². The molecule has 1 aliphatic carbocycles. The van der Waals surface area contributed by atoms with Gasteiger partial charge in [0.1, 0.15) is 5.82 Å². The third-order valence-corrected chi connectivity index (χ3v) is 7.40. The van der Waals surface area contributed by atoms with E-state index in [4.69, 9.17) is 0 Å². The Morgan fingerprint density at radius 1 is 0.968 bits per heavy atom. The quantitative estimate of drug-likeness (QED) is 0.721. The molecule has 0 spiro atoms. The molecule has 2 amide bonds. The van der Waals surface area contributed by atoms with E-state index >= 15 is 0 Å². The number of halogens is 1. The maximum Gasteiger partial charge on any atom is 0.321 e. The molecule has 1 atom stereocenters. The van der Waals surface area contributed by atoms with Gasteiger partial charge < -0.3 is 15.1 Å². The van der Waals surface area contributed by atoms with Crippen LogP contribution in [0.15, 0.2) is 42.5 Å². The molecule has 2 aromatic carbocycles. The third kappa shape index (κ3) is 4.62. The summed E-state index contributed by atoms with van der Waals surface area (Å²) in [6.07, 6.45) is 6.81. The number of hydrogen-bond acceptors (Lipinski definition) is 2. The second kappa shape index (κ2) is 8.99. The van der Waals surface area contributed by atoms with E-state index in [0.29, 0.717) is 11.8 Å². The Morgan fingerprint density at radius 3 is 2.45 bits per heavy atom. The van der Waals surface area contributed by atoms with Gasteiger partial charge in [-0.2, -0.15) is 0 Å². The molecule has 0 saturated carbocycles. The number of nitrogens with zero attached hydrogens (tertiary/aromatic N) is 2. The number of carbonyl (C=O) groups is 1. The molecule has 2 aliphatic heterocycles. The zero-order valence-electron chi connectivity index (χ0n) is 18.2. The number of likely N-dealkylation sites (tertiary alicyclic amines) is 2. The van der Waals surface area contributed by atoms with E-state index in [1.807, 2.05) is 17.0 Å². The Hall–Kier alpha value is -2.40. The fraction of sp³-hybridized carbons (Fsp3) is 0.500. The van der Waals surface area contributed by atoms with Crippen molar-refractivity contribution in [1.82, 2.24) is 9.80 Å². The number of piperidine rings is 1. The molecule has 5 rings (SSSR count). The molecule has 164 valence electrons. The minimum Gasteiger partial charge on any atom is -0.325 e. The number of nitrogens with one attached hydrogen (secondary N) is 1. The van der Waals surface area contributed by atoms with Crippen LogP contribution in [-0.2, 0) is 6.42 Å². The number of urea groups is 1. The normalized spacial score (nSPS) is 22.0. The Balaban J connectivity index is 1.18. The molecule has 1 unspecified atom stereocenters. The lowest BCUT2D eigenvalue weighted by molar-refractivity contribution is 0.200. The van der Waals surface area contributed by atoms with Gasteiger partial charge in [0.15, 0.2) is 0 Å². The Kier molecular flexibility index (Phi) is 5.95. The first-order chi connectivity index (χ1) is 15.2. The predicted octanol–water partition coefficient (Wildman–Crippen LogP) is 5.36. The first-order valence-corrected chi connectivity index (χ1v) is 11.8. The van der Waals surface area contributed by atoms with Crippen LogP contribution in [0.25, 0.3) is 0 Å². The molecule has 4 nitrogen and oxygen atoms in total. The molecule has 3 aliphatic rings. The van der Waals surface area contributed by atoms with Gasteiger partial charge >= 0.3 is 6.03 Å². The van der Waals surface area contributed by atoms with E-state index in [-0.39, 0.29) is 11.8 Å². The van der Waals surface area contributed by atoms with Crippen molar-refractivity contribution in [3.63, 3.8) is 0 Å². The van der Waals surface area contributed by atoms with Crippen LogP contribution in [0, 0.1) is 5.82 Å². The Labute approximate surface area is 184 Å². The fourth-order valence-electron chi connectivity index (χ4n) is 5.57. The van der Waals surface area contributed by atoms with Crippen molar-refractivity contribution in [3.8, 4) is 0 Å². The molecule has 0 aromatic heterocycles. The number of benzene rings is 2. The summed E-state index contributed by atoms with van der Waals surface area (Å²) in [5.74, 6) is 0.929. The lowest BCUT2D eigenvalue weighted by Crippen LogP contribution is -2.35. The lowest BCUT2D eigenvalue weighted by Gasteiger charge is -2.34. The van der Waals surface area contributed by atoms with Gasteiger partial charge in [0.25, 0.3) is 0 Å². The monoisotopic (exact) mass is 421 g/mol. The summed E-state index contributed by atoms with van der Waals surface area (Å²) >= 11 is 0. The Morgan fingerprint density at radius 2 is 1.71 bits per heavy atom. The average molecular weight is 422 g/mol. The van der Waals surface area contributed by atoms with Gasteiger partial charge in [0.2, 0.25) is 0 Å². The van der Waals surface area contributed by atoms with Gasteiger partial charge in [0.05, 0.1) is 0 Å². The number of aryl methyl sites for hydroxylation is 1. The summed E-state index contributed by atoms with van der Waals surface area (Å²) < 4.78 is 13.2. The topological polar surface area (TPSA) is 35.6 Å². The molecule has 2 aromatic rings. The third-order valence-electron chi connectivity index (χ3n) is 7.40. The molecular weight excluding hydrogens is 389 g/mol. The van der Waals surface area contributed by atoms with Crippen molar-refractivity contribution < 1.29 is 9.18 Å². The van der Waals surface area contributed by atoms with Crippen LogP contribution < -0.4 is 5.32 Å². The molecule has 5 heteroatoms. The van der Waals surface area contributed by atoms with Gasteiger partial charge in [-0.3, -0.25) is 0 Å². The van der Waals surface area contributed by atoms with Crippen LogP contribution in [0.2, 0.25) is 0 Å². The summed E-state index contributed by atoms with van der Waals surface area (Å²) in [5, 5.41) is 3.11. The van der Waals surface area contributed by atoms with Crippen LogP contribution in [0.1, 0.15) is 60.6 Å². The van der Waals surface area contributed by atoms with Gasteiger partial charge in [-0.1, -0.05) is 18.2 Å². The zero-order chi connectivity index (χ0) is 21.2. The van der Waals surface area contributed by atoms with Crippen molar-refractivity contribution in [1.29, 1.82) is 0 Å². The number of hydrogen-bond donors (Lipinski definition) is 1. The second-order valence-electron chi connectivity index (χ2n) is 9.40. The highest BCUT2D eigenvalue weighted by atomic mass is 19.1. The molecule has 2 saturated heterocycles. The number of amides is 2. The van der Waals surface area contributed by atoms with Crippen LogP contribution in [0.3, 0.4) is 0 Å². The van der Waals surface area contributed by atoms with Gasteiger partial charge in [-0.25, -0.2) is 9.18 Å². The first-order valence-electron chi connectivity index (χ1n) is 11.8. The average Bonchev–Trinajstić information content (AvgIpc) is 3.46. The highest BCUT2D eigenvalue weighted by Gasteiger charge is 2.28. The second-order valence-corrected chi connectivity index (χ2v) is 9.40. The van der Waals surface area contributed by atoms with Gasteiger partial charge in [0, 0.05) is 25.3 Å². The van der Waals surface area contributed by atoms with Crippen LogP contribution in [0.5, 0.6) is 0 Å². The summed E-state index contributed by atoms with van der Waals surface area (Å²) in [7, 11) is 0. The lowest BCUT2D eigenvalue weighted by atomic mass is 9.89. The molecule has 0 radical (unpaired) electrons. The minimum absolute atomic E-state index is 0.0369. The van der Waals surface area contributed by atoms with E-state index in [1.54, 1.807) is 12.1 Å². The maximum atomic E-state index is 13.2. The van der Waals surface area contributed by atoms with Crippen molar-refractivity contribution in [3.05, 3.63) is 65.0 Å².